The predicted octanol–water partition coefficient (Wildman–Crippen LogP) is 4.20. The molecule has 0 amide bonds. The molecule has 112 valence electrons. The van der Waals surface area contributed by atoms with Crippen molar-refractivity contribution in [2.24, 2.45) is 0 Å². The van der Waals surface area contributed by atoms with Gasteiger partial charge in [0.1, 0.15) is 5.82 Å². The summed E-state index contributed by atoms with van der Waals surface area (Å²) in [6, 6.07) is 5.88. The quantitative estimate of drug-likeness (QED) is 0.657. The Hall–Kier alpha value is -2.44. The Kier molecular flexibility index (Phi) is 4.21. The molecule has 0 bridgehead atoms. The molecule has 0 aliphatic carbocycles. The lowest BCUT2D eigenvalue weighted by Crippen LogP contribution is -2.06. The van der Waals surface area contributed by atoms with Crippen molar-refractivity contribution in [3.8, 4) is 5.75 Å². The third-order valence-corrected chi connectivity index (χ3v) is 2.78. The van der Waals surface area contributed by atoms with Crippen LogP contribution in [0.25, 0.3) is 0 Å². The van der Waals surface area contributed by atoms with E-state index in [0.29, 0.717) is 11.3 Å². The average Bonchev–Trinajstić information content (AvgIpc) is 2.37. The SMILES string of the molecule is Cc1cc(F)ccc1Nc1cc(OC(F)F)c(F)cc1N. The Bertz CT molecular complexity index is 662. The molecule has 0 atom stereocenters. The minimum atomic E-state index is -3.15. The van der Waals surface area contributed by atoms with E-state index in [1.165, 1.54) is 18.2 Å². The van der Waals surface area contributed by atoms with E-state index in [4.69, 9.17) is 5.73 Å². The summed E-state index contributed by atoms with van der Waals surface area (Å²) in [6.07, 6.45) is 0. The zero-order chi connectivity index (χ0) is 15.6. The molecule has 0 unspecified atom stereocenters. The second-order valence-electron chi connectivity index (χ2n) is 4.33. The number of benzene rings is 2. The third-order valence-electron chi connectivity index (χ3n) is 2.78. The number of nitrogens with one attached hydrogen (secondary N) is 1. The van der Waals surface area contributed by atoms with Crippen LogP contribution in [-0.2, 0) is 0 Å². The number of nitrogen functional groups attached to an aromatic ring is 1. The maximum atomic E-state index is 13.4. The lowest BCUT2D eigenvalue weighted by Gasteiger charge is -2.14. The van der Waals surface area contributed by atoms with Gasteiger partial charge in [0.05, 0.1) is 11.4 Å². The van der Waals surface area contributed by atoms with Crippen molar-refractivity contribution in [2.45, 2.75) is 13.5 Å². The van der Waals surface area contributed by atoms with E-state index < -0.39 is 24.0 Å². The van der Waals surface area contributed by atoms with Crippen molar-refractivity contribution in [3.05, 3.63) is 47.5 Å². The maximum absolute atomic E-state index is 13.4. The van der Waals surface area contributed by atoms with Crippen LogP contribution in [0.3, 0.4) is 0 Å². The second kappa shape index (κ2) is 5.90. The number of halogens is 4. The normalized spacial score (nSPS) is 10.8. The first-order valence-corrected chi connectivity index (χ1v) is 5.94. The van der Waals surface area contributed by atoms with Crippen molar-refractivity contribution < 1.29 is 22.3 Å². The summed E-state index contributed by atoms with van der Waals surface area (Å²) in [5, 5.41) is 2.83. The van der Waals surface area contributed by atoms with E-state index in [1.807, 2.05) is 0 Å². The molecular weight excluding hydrogens is 288 g/mol. The molecule has 2 aromatic rings. The number of anilines is 3. The molecule has 0 saturated heterocycles. The van der Waals surface area contributed by atoms with Crippen LogP contribution in [0, 0.1) is 18.6 Å². The minimum Gasteiger partial charge on any atom is -0.432 e. The molecule has 7 heteroatoms. The van der Waals surface area contributed by atoms with Gasteiger partial charge >= 0.3 is 6.61 Å². The first kappa shape index (κ1) is 15.0. The molecule has 0 aliphatic rings. The molecule has 2 rings (SSSR count). The third kappa shape index (κ3) is 3.56. The van der Waals surface area contributed by atoms with Crippen LogP contribution in [-0.4, -0.2) is 6.61 Å². The topological polar surface area (TPSA) is 47.3 Å². The highest BCUT2D eigenvalue weighted by Crippen LogP contribution is 2.32. The first-order chi connectivity index (χ1) is 9.86. The van der Waals surface area contributed by atoms with Crippen LogP contribution >= 0.6 is 0 Å². The predicted molar refractivity (Wildman–Crippen MR) is 71.9 cm³/mol. The number of hydrogen-bond acceptors (Lipinski definition) is 3. The molecule has 0 radical (unpaired) electrons. The van der Waals surface area contributed by atoms with Crippen molar-refractivity contribution in [3.63, 3.8) is 0 Å². The zero-order valence-electron chi connectivity index (χ0n) is 11.0. The van der Waals surface area contributed by atoms with Gasteiger partial charge in [0.25, 0.3) is 0 Å². The van der Waals surface area contributed by atoms with Gasteiger partial charge in [-0.25, -0.2) is 8.78 Å². The van der Waals surface area contributed by atoms with Crippen molar-refractivity contribution in [1.82, 2.24) is 0 Å². The van der Waals surface area contributed by atoms with Gasteiger partial charge in [-0.3, -0.25) is 0 Å². The number of aryl methyl sites for hydroxylation is 1. The number of ether oxygens (including phenoxy) is 1. The van der Waals surface area contributed by atoms with Crippen LogP contribution in [0.4, 0.5) is 34.6 Å². The number of rotatable bonds is 4. The molecule has 21 heavy (non-hydrogen) atoms. The average molecular weight is 300 g/mol. The highest BCUT2D eigenvalue weighted by atomic mass is 19.3. The van der Waals surface area contributed by atoms with Gasteiger partial charge in [-0.1, -0.05) is 0 Å². The highest BCUT2D eigenvalue weighted by molar-refractivity contribution is 5.75. The zero-order valence-corrected chi connectivity index (χ0v) is 11.0. The first-order valence-electron chi connectivity index (χ1n) is 5.94. The largest absolute Gasteiger partial charge is 0.432 e. The van der Waals surface area contributed by atoms with Gasteiger partial charge in [0.2, 0.25) is 0 Å². The fraction of sp³-hybridized carbons (Fsp3) is 0.143. The van der Waals surface area contributed by atoms with E-state index in [9.17, 15) is 17.6 Å². The number of hydrogen-bond donors (Lipinski definition) is 2. The van der Waals surface area contributed by atoms with Crippen LogP contribution < -0.4 is 15.8 Å². The standard InChI is InChI=1S/C14H12F4N2O/c1-7-4-8(15)2-3-11(7)20-12-6-13(21-14(17)18)9(16)5-10(12)19/h2-6,14,20H,19H2,1H3. The van der Waals surface area contributed by atoms with Gasteiger partial charge in [-0.15, -0.1) is 0 Å². The van der Waals surface area contributed by atoms with Gasteiger partial charge in [-0.2, -0.15) is 8.78 Å². The molecule has 3 nitrogen and oxygen atoms in total. The molecule has 0 aromatic heterocycles. The lowest BCUT2D eigenvalue weighted by atomic mass is 10.1. The van der Waals surface area contributed by atoms with Crippen molar-refractivity contribution in [2.75, 3.05) is 11.1 Å². The lowest BCUT2D eigenvalue weighted by molar-refractivity contribution is -0.0521. The van der Waals surface area contributed by atoms with Crippen LogP contribution in [0.15, 0.2) is 30.3 Å². The molecule has 2 aromatic carbocycles. The Labute approximate surface area is 118 Å². The fourth-order valence-electron chi connectivity index (χ4n) is 1.78. The van der Waals surface area contributed by atoms with E-state index in [2.05, 4.69) is 10.1 Å². The summed E-state index contributed by atoms with van der Waals surface area (Å²) in [5.41, 5.74) is 6.91. The Morgan fingerprint density at radius 1 is 1.10 bits per heavy atom. The van der Waals surface area contributed by atoms with Crippen molar-refractivity contribution in [1.29, 1.82) is 0 Å². The summed E-state index contributed by atoms with van der Waals surface area (Å²) in [7, 11) is 0. The summed E-state index contributed by atoms with van der Waals surface area (Å²) in [5.74, 6) is -2.03. The summed E-state index contributed by atoms with van der Waals surface area (Å²) in [6.45, 7) is -1.50. The maximum Gasteiger partial charge on any atom is 0.387 e. The van der Waals surface area contributed by atoms with Gasteiger partial charge in [-0.05, 0) is 30.7 Å². The van der Waals surface area contributed by atoms with Crippen LogP contribution in [0.1, 0.15) is 5.56 Å². The smallest absolute Gasteiger partial charge is 0.387 e. The van der Waals surface area contributed by atoms with Gasteiger partial charge in [0, 0.05) is 17.8 Å². The molecule has 0 fully saturated rings. The van der Waals surface area contributed by atoms with E-state index in [0.717, 1.165) is 12.1 Å². The van der Waals surface area contributed by atoms with E-state index in [-0.39, 0.29) is 11.4 Å². The van der Waals surface area contributed by atoms with Crippen molar-refractivity contribution >= 4 is 17.1 Å². The monoisotopic (exact) mass is 300 g/mol. The molecule has 0 heterocycles. The molecule has 0 spiro atoms. The fourth-order valence-corrected chi connectivity index (χ4v) is 1.78. The summed E-state index contributed by atoms with van der Waals surface area (Å²) >= 11 is 0. The molecule has 0 saturated carbocycles. The van der Waals surface area contributed by atoms with Crippen LogP contribution in [0.5, 0.6) is 5.75 Å². The molecule has 0 aliphatic heterocycles. The number of nitrogens with two attached hydrogens (primary N) is 1. The van der Waals surface area contributed by atoms with Gasteiger partial charge < -0.3 is 15.8 Å². The summed E-state index contributed by atoms with van der Waals surface area (Å²) in [4.78, 5) is 0. The minimum absolute atomic E-state index is 0.0119. The van der Waals surface area contributed by atoms with E-state index >= 15 is 0 Å². The summed E-state index contributed by atoms with van der Waals surface area (Å²) < 4.78 is 54.9. The highest BCUT2D eigenvalue weighted by Gasteiger charge is 2.14. The molecule has 3 N–H and O–H groups in total. The molecular formula is C14H12F4N2O. The number of alkyl halides is 2. The Morgan fingerprint density at radius 3 is 2.43 bits per heavy atom. The second-order valence-corrected chi connectivity index (χ2v) is 4.33. The Balaban J connectivity index is 2.34. The van der Waals surface area contributed by atoms with Crippen LogP contribution in [0.2, 0.25) is 0 Å². The Morgan fingerprint density at radius 2 is 1.81 bits per heavy atom. The van der Waals surface area contributed by atoms with Gasteiger partial charge in [0.15, 0.2) is 11.6 Å². The van der Waals surface area contributed by atoms with E-state index in [1.54, 1.807) is 6.92 Å².